The number of para-hydroxylation sites is 1. The lowest BCUT2D eigenvalue weighted by Gasteiger charge is -2.28. The molecule has 0 spiro atoms. The fourth-order valence-corrected chi connectivity index (χ4v) is 3.27. The van der Waals surface area contributed by atoms with Crippen molar-refractivity contribution in [2.75, 3.05) is 36.0 Å². The van der Waals surface area contributed by atoms with Gasteiger partial charge < -0.3 is 10.2 Å². The molecule has 1 aromatic carbocycles. The molecule has 0 amide bonds. The molecule has 0 bridgehead atoms. The Hall–Kier alpha value is -0.740. The molecule has 100 valence electrons. The van der Waals surface area contributed by atoms with Gasteiger partial charge in [0.05, 0.1) is 5.69 Å². The Morgan fingerprint density at radius 2 is 2.28 bits per heavy atom. The van der Waals surface area contributed by atoms with Crippen molar-refractivity contribution in [3.05, 3.63) is 30.1 Å². The lowest BCUT2D eigenvalue weighted by Crippen LogP contribution is -2.40. The highest BCUT2D eigenvalue weighted by Gasteiger charge is 2.15. The van der Waals surface area contributed by atoms with Crippen molar-refractivity contribution in [1.82, 2.24) is 5.32 Å². The fourth-order valence-electron chi connectivity index (χ4n) is 2.27. The van der Waals surface area contributed by atoms with Gasteiger partial charge in [-0.3, -0.25) is 0 Å². The summed E-state index contributed by atoms with van der Waals surface area (Å²) in [5, 5.41) is 3.52. The number of hydrogen-bond donors (Lipinski definition) is 1. The normalized spacial score (nSPS) is 19.8. The molecule has 0 saturated carbocycles. The molecule has 0 radical (unpaired) electrons. The monoisotopic (exact) mass is 268 g/mol. The first kappa shape index (κ1) is 13.7. The van der Waals surface area contributed by atoms with Gasteiger partial charge in [0.25, 0.3) is 0 Å². The maximum absolute atomic E-state index is 13.7. The number of anilines is 1. The summed E-state index contributed by atoms with van der Waals surface area (Å²) in [5.74, 6) is 2.26. The van der Waals surface area contributed by atoms with Gasteiger partial charge in [0.15, 0.2) is 0 Å². The van der Waals surface area contributed by atoms with Crippen LogP contribution < -0.4 is 10.2 Å². The Labute approximate surface area is 113 Å². The Balaban J connectivity index is 1.91. The number of benzene rings is 1. The molecule has 1 aromatic rings. The summed E-state index contributed by atoms with van der Waals surface area (Å²) >= 11 is 2.01. The summed E-state index contributed by atoms with van der Waals surface area (Å²) < 4.78 is 13.7. The summed E-state index contributed by atoms with van der Waals surface area (Å²) in [5.41, 5.74) is 0.725. The van der Waals surface area contributed by atoms with E-state index in [9.17, 15) is 4.39 Å². The molecule has 1 fully saturated rings. The summed E-state index contributed by atoms with van der Waals surface area (Å²) in [4.78, 5) is 2.12. The first-order chi connectivity index (χ1) is 8.81. The van der Waals surface area contributed by atoms with E-state index in [2.05, 4.69) is 17.1 Å². The van der Waals surface area contributed by atoms with E-state index in [4.69, 9.17) is 0 Å². The molecule has 1 saturated heterocycles. The van der Waals surface area contributed by atoms with E-state index in [1.807, 2.05) is 23.9 Å². The van der Waals surface area contributed by atoms with Gasteiger partial charge in [-0.15, -0.1) is 0 Å². The molecule has 1 aliphatic rings. The minimum atomic E-state index is -0.120. The SMILES string of the molecule is CCN(CCC1CSCCN1)c1ccccc1F. The Bertz CT molecular complexity index is 367. The topological polar surface area (TPSA) is 15.3 Å². The molecule has 1 aliphatic heterocycles. The molecule has 1 atom stereocenters. The van der Waals surface area contributed by atoms with Crippen molar-refractivity contribution in [3.63, 3.8) is 0 Å². The average molecular weight is 268 g/mol. The van der Waals surface area contributed by atoms with Gasteiger partial charge in [0.1, 0.15) is 5.82 Å². The maximum atomic E-state index is 13.7. The Morgan fingerprint density at radius 1 is 1.44 bits per heavy atom. The second-order valence-corrected chi connectivity index (χ2v) is 5.70. The minimum Gasteiger partial charge on any atom is -0.369 e. The van der Waals surface area contributed by atoms with Crippen LogP contribution in [0.25, 0.3) is 0 Å². The highest BCUT2D eigenvalue weighted by Crippen LogP contribution is 2.19. The van der Waals surface area contributed by atoms with Gasteiger partial charge >= 0.3 is 0 Å². The number of rotatable bonds is 5. The van der Waals surface area contributed by atoms with Crippen molar-refractivity contribution < 1.29 is 4.39 Å². The van der Waals surface area contributed by atoms with E-state index in [1.54, 1.807) is 6.07 Å². The van der Waals surface area contributed by atoms with Crippen molar-refractivity contribution in [2.45, 2.75) is 19.4 Å². The van der Waals surface area contributed by atoms with Gasteiger partial charge in [0.2, 0.25) is 0 Å². The molecule has 0 aromatic heterocycles. The molecule has 2 nitrogen and oxygen atoms in total. The second-order valence-electron chi connectivity index (χ2n) is 4.55. The standard InChI is InChI=1S/C14H21FN2S/c1-2-17(14-6-4-3-5-13(14)15)9-7-12-11-18-10-8-16-12/h3-6,12,16H,2,7-11H2,1H3. The highest BCUT2D eigenvalue weighted by molar-refractivity contribution is 7.99. The number of nitrogens with zero attached hydrogens (tertiary/aromatic N) is 1. The van der Waals surface area contributed by atoms with E-state index in [1.165, 1.54) is 17.6 Å². The largest absolute Gasteiger partial charge is 0.369 e. The van der Waals surface area contributed by atoms with Crippen LogP contribution in [0, 0.1) is 5.82 Å². The van der Waals surface area contributed by atoms with Crippen LogP contribution in [0.4, 0.5) is 10.1 Å². The Kier molecular flexibility index (Phi) is 5.32. The third-order valence-electron chi connectivity index (χ3n) is 3.32. The van der Waals surface area contributed by atoms with Crippen LogP contribution in [0.15, 0.2) is 24.3 Å². The average Bonchev–Trinajstić information content (AvgIpc) is 2.42. The summed E-state index contributed by atoms with van der Waals surface area (Å²) in [6, 6.07) is 7.61. The molecule has 18 heavy (non-hydrogen) atoms. The molecule has 1 N–H and O–H groups in total. The summed E-state index contributed by atoms with van der Waals surface area (Å²) in [6.07, 6.45) is 1.08. The number of thioether (sulfide) groups is 1. The Morgan fingerprint density at radius 3 is 2.94 bits per heavy atom. The van der Waals surface area contributed by atoms with Crippen molar-refractivity contribution in [3.8, 4) is 0 Å². The number of nitrogens with one attached hydrogen (secondary N) is 1. The predicted molar refractivity (Wildman–Crippen MR) is 78.0 cm³/mol. The van der Waals surface area contributed by atoms with Crippen LogP contribution >= 0.6 is 11.8 Å². The van der Waals surface area contributed by atoms with Gasteiger partial charge in [-0.1, -0.05) is 12.1 Å². The van der Waals surface area contributed by atoms with Crippen LogP contribution in [0.2, 0.25) is 0 Å². The van der Waals surface area contributed by atoms with E-state index < -0.39 is 0 Å². The second kappa shape index (κ2) is 7.00. The maximum Gasteiger partial charge on any atom is 0.146 e. The number of halogens is 1. The van der Waals surface area contributed by atoms with Crippen LogP contribution in [-0.4, -0.2) is 37.2 Å². The van der Waals surface area contributed by atoms with Crippen LogP contribution in [0.1, 0.15) is 13.3 Å². The van der Waals surface area contributed by atoms with Gasteiger partial charge in [-0.25, -0.2) is 4.39 Å². The molecule has 4 heteroatoms. The van der Waals surface area contributed by atoms with Gasteiger partial charge in [-0.2, -0.15) is 11.8 Å². The van der Waals surface area contributed by atoms with E-state index >= 15 is 0 Å². The fraction of sp³-hybridized carbons (Fsp3) is 0.571. The molecule has 1 unspecified atom stereocenters. The zero-order chi connectivity index (χ0) is 12.8. The third-order valence-corrected chi connectivity index (χ3v) is 4.45. The zero-order valence-electron chi connectivity index (χ0n) is 10.9. The van der Waals surface area contributed by atoms with Crippen LogP contribution in [-0.2, 0) is 0 Å². The molecular formula is C14H21FN2S. The van der Waals surface area contributed by atoms with Gasteiger partial charge in [-0.05, 0) is 25.5 Å². The van der Waals surface area contributed by atoms with Crippen LogP contribution in [0.3, 0.4) is 0 Å². The lowest BCUT2D eigenvalue weighted by molar-refractivity contribution is 0.522. The zero-order valence-corrected chi connectivity index (χ0v) is 11.7. The lowest BCUT2D eigenvalue weighted by atomic mass is 10.2. The third kappa shape index (κ3) is 3.62. The first-order valence-corrected chi connectivity index (χ1v) is 7.77. The van der Waals surface area contributed by atoms with E-state index in [-0.39, 0.29) is 5.82 Å². The number of hydrogen-bond acceptors (Lipinski definition) is 3. The molecule has 2 rings (SSSR count). The minimum absolute atomic E-state index is 0.120. The van der Waals surface area contributed by atoms with Crippen molar-refractivity contribution >= 4 is 17.4 Å². The molecule has 0 aliphatic carbocycles. The highest BCUT2D eigenvalue weighted by atomic mass is 32.2. The van der Waals surface area contributed by atoms with Crippen molar-refractivity contribution in [1.29, 1.82) is 0 Å². The quantitative estimate of drug-likeness (QED) is 0.884. The first-order valence-electron chi connectivity index (χ1n) is 6.62. The van der Waals surface area contributed by atoms with Crippen LogP contribution in [0.5, 0.6) is 0 Å². The molecule has 1 heterocycles. The van der Waals surface area contributed by atoms with E-state index in [0.29, 0.717) is 6.04 Å². The summed E-state index contributed by atoms with van der Waals surface area (Å²) in [6.45, 7) is 4.94. The van der Waals surface area contributed by atoms with Crippen molar-refractivity contribution in [2.24, 2.45) is 0 Å². The predicted octanol–water partition coefficient (Wildman–Crippen LogP) is 2.75. The smallest absolute Gasteiger partial charge is 0.146 e. The van der Waals surface area contributed by atoms with E-state index in [0.717, 1.165) is 31.7 Å². The molecular weight excluding hydrogens is 247 g/mol. The van der Waals surface area contributed by atoms with Gasteiger partial charge in [0, 0.05) is 37.2 Å². The summed E-state index contributed by atoms with van der Waals surface area (Å²) in [7, 11) is 0.